The molecule has 1 rings (SSSR count). The SMILES string of the molecule is CCCCN=Cc1cccc(C#N)c1. The van der Waals surface area contributed by atoms with Crippen LogP contribution in [0.4, 0.5) is 0 Å². The monoisotopic (exact) mass is 186 g/mol. The molecule has 0 fully saturated rings. The smallest absolute Gasteiger partial charge is 0.0991 e. The summed E-state index contributed by atoms with van der Waals surface area (Å²) >= 11 is 0. The third-order valence-corrected chi connectivity index (χ3v) is 1.90. The van der Waals surface area contributed by atoms with Crippen molar-refractivity contribution in [2.24, 2.45) is 4.99 Å². The number of hydrogen-bond donors (Lipinski definition) is 0. The van der Waals surface area contributed by atoms with E-state index >= 15 is 0 Å². The van der Waals surface area contributed by atoms with E-state index in [1.54, 1.807) is 6.07 Å². The van der Waals surface area contributed by atoms with Crippen molar-refractivity contribution in [1.29, 1.82) is 5.26 Å². The maximum Gasteiger partial charge on any atom is 0.0991 e. The van der Waals surface area contributed by atoms with Crippen molar-refractivity contribution < 1.29 is 0 Å². The fraction of sp³-hybridized carbons (Fsp3) is 0.333. The van der Waals surface area contributed by atoms with E-state index < -0.39 is 0 Å². The molecular weight excluding hydrogens is 172 g/mol. The van der Waals surface area contributed by atoms with Crippen molar-refractivity contribution in [2.45, 2.75) is 19.8 Å². The lowest BCUT2D eigenvalue weighted by molar-refractivity contribution is 0.810. The van der Waals surface area contributed by atoms with Gasteiger partial charge < -0.3 is 0 Å². The third kappa shape index (κ3) is 3.40. The minimum absolute atomic E-state index is 0.685. The third-order valence-electron chi connectivity index (χ3n) is 1.90. The first-order valence-electron chi connectivity index (χ1n) is 4.87. The maximum atomic E-state index is 8.68. The fourth-order valence-electron chi connectivity index (χ4n) is 1.11. The molecule has 0 unspecified atom stereocenters. The molecule has 72 valence electrons. The Bertz CT molecular complexity index is 348. The van der Waals surface area contributed by atoms with Gasteiger partial charge >= 0.3 is 0 Å². The molecule has 1 aromatic rings. The van der Waals surface area contributed by atoms with Gasteiger partial charge in [-0.25, -0.2) is 0 Å². The van der Waals surface area contributed by atoms with Crippen LogP contribution in [0, 0.1) is 11.3 Å². The van der Waals surface area contributed by atoms with E-state index in [0.29, 0.717) is 5.56 Å². The number of hydrogen-bond acceptors (Lipinski definition) is 2. The predicted octanol–water partition coefficient (Wildman–Crippen LogP) is 2.78. The summed E-state index contributed by atoms with van der Waals surface area (Å²) in [6, 6.07) is 9.57. The van der Waals surface area contributed by atoms with Crippen LogP contribution in [0.5, 0.6) is 0 Å². The second kappa shape index (κ2) is 5.93. The summed E-state index contributed by atoms with van der Waals surface area (Å²) in [5.41, 5.74) is 1.68. The average Bonchev–Trinajstić information content (AvgIpc) is 2.25. The highest BCUT2D eigenvalue weighted by Gasteiger charge is 1.90. The molecule has 1 aromatic carbocycles. The van der Waals surface area contributed by atoms with E-state index in [4.69, 9.17) is 5.26 Å². The lowest BCUT2D eigenvalue weighted by Crippen LogP contribution is -1.85. The maximum absolute atomic E-state index is 8.68. The molecule has 0 saturated carbocycles. The van der Waals surface area contributed by atoms with E-state index in [-0.39, 0.29) is 0 Å². The van der Waals surface area contributed by atoms with E-state index in [9.17, 15) is 0 Å². The Kier molecular flexibility index (Phi) is 4.43. The van der Waals surface area contributed by atoms with Gasteiger partial charge in [-0.15, -0.1) is 0 Å². The Morgan fingerprint density at radius 2 is 2.36 bits per heavy atom. The zero-order valence-corrected chi connectivity index (χ0v) is 8.40. The van der Waals surface area contributed by atoms with Crippen LogP contribution in [0.15, 0.2) is 29.3 Å². The quantitative estimate of drug-likeness (QED) is 0.526. The van der Waals surface area contributed by atoms with Crippen molar-refractivity contribution in [3.05, 3.63) is 35.4 Å². The van der Waals surface area contributed by atoms with Crippen molar-refractivity contribution in [2.75, 3.05) is 6.54 Å². The Morgan fingerprint density at radius 3 is 3.07 bits per heavy atom. The fourth-order valence-corrected chi connectivity index (χ4v) is 1.11. The molecule has 0 aliphatic carbocycles. The highest BCUT2D eigenvalue weighted by molar-refractivity contribution is 5.80. The molecule has 0 aliphatic rings. The van der Waals surface area contributed by atoms with Gasteiger partial charge in [0.2, 0.25) is 0 Å². The van der Waals surface area contributed by atoms with Gasteiger partial charge in [-0.05, 0) is 24.1 Å². The highest BCUT2D eigenvalue weighted by Crippen LogP contribution is 2.01. The summed E-state index contributed by atoms with van der Waals surface area (Å²) in [6.07, 6.45) is 4.11. The Morgan fingerprint density at radius 1 is 1.50 bits per heavy atom. The molecule has 2 heteroatoms. The summed E-state index contributed by atoms with van der Waals surface area (Å²) in [5, 5.41) is 8.68. The van der Waals surface area contributed by atoms with Crippen LogP contribution in [0.3, 0.4) is 0 Å². The van der Waals surface area contributed by atoms with E-state index in [1.165, 1.54) is 0 Å². The largest absolute Gasteiger partial charge is 0.293 e. The summed E-state index contributed by atoms with van der Waals surface area (Å²) < 4.78 is 0. The van der Waals surface area contributed by atoms with Gasteiger partial charge in [0.05, 0.1) is 11.6 Å². The number of unbranched alkanes of at least 4 members (excludes halogenated alkanes) is 1. The Labute approximate surface area is 84.9 Å². The summed E-state index contributed by atoms with van der Waals surface area (Å²) in [7, 11) is 0. The van der Waals surface area contributed by atoms with Crippen LogP contribution in [0.1, 0.15) is 30.9 Å². The number of rotatable bonds is 4. The summed E-state index contributed by atoms with van der Waals surface area (Å²) in [5.74, 6) is 0. The molecule has 0 bridgehead atoms. The molecule has 0 atom stereocenters. The molecule has 0 aromatic heterocycles. The van der Waals surface area contributed by atoms with Gasteiger partial charge in [-0.2, -0.15) is 5.26 Å². The van der Waals surface area contributed by atoms with Gasteiger partial charge in [0, 0.05) is 12.8 Å². The van der Waals surface area contributed by atoms with Gasteiger partial charge in [0.25, 0.3) is 0 Å². The van der Waals surface area contributed by atoms with Crippen molar-refractivity contribution in [3.63, 3.8) is 0 Å². The molecule has 0 amide bonds. The lowest BCUT2D eigenvalue weighted by atomic mass is 10.1. The Balaban J connectivity index is 2.59. The zero-order chi connectivity index (χ0) is 10.2. The van der Waals surface area contributed by atoms with Crippen LogP contribution >= 0.6 is 0 Å². The second-order valence-electron chi connectivity index (χ2n) is 3.13. The van der Waals surface area contributed by atoms with Crippen molar-refractivity contribution >= 4 is 6.21 Å². The standard InChI is InChI=1S/C12H14N2/c1-2-3-7-14-10-12-6-4-5-11(8-12)9-13/h4-6,8,10H,2-3,7H2,1H3. The zero-order valence-electron chi connectivity index (χ0n) is 8.40. The first-order chi connectivity index (χ1) is 6.86. The summed E-state index contributed by atoms with van der Waals surface area (Å²) in [6.45, 7) is 3.01. The first kappa shape index (κ1) is 10.5. The van der Waals surface area contributed by atoms with Crippen molar-refractivity contribution in [3.8, 4) is 6.07 Å². The van der Waals surface area contributed by atoms with E-state index in [2.05, 4.69) is 18.0 Å². The number of nitrogens with zero attached hydrogens (tertiary/aromatic N) is 2. The molecular formula is C12H14N2. The van der Waals surface area contributed by atoms with Crippen LogP contribution in [0.25, 0.3) is 0 Å². The van der Waals surface area contributed by atoms with Gasteiger partial charge in [-0.1, -0.05) is 25.5 Å². The van der Waals surface area contributed by atoms with Gasteiger partial charge in [-0.3, -0.25) is 4.99 Å². The first-order valence-corrected chi connectivity index (χ1v) is 4.87. The molecule has 0 spiro atoms. The molecule has 0 heterocycles. The topological polar surface area (TPSA) is 36.1 Å². The predicted molar refractivity (Wildman–Crippen MR) is 58.5 cm³/mol. The number of aliphatic imine (C=N–C) groups is 1. The molecule has 0 N–H and O–H groups in total. The van der Waals surface area contributed by atoms with Gasteiger partial charge in [0.1, 0.15) is 0 Å². The van der Waals surface area contributed by atoms with E-state index in [1.807, 2.05) is 24.4 Å². The van der Waals surface area contributed by atoms with Crippen molar-refractivity contribution in [1.82, 2.24) is 0 Å². The number of benzene rings is 1. The molecule has 0 aliphatic heterocycles. The molecule has 0 radical (unpaired) electrons. The summed E-state index contributed by atoms with van der Waals surface area (Å²) in [4.78, 5) is 4.27. The van der Waals surface area contributed by atoms with Gasteiger partial charge in [0.15, 0.2) is 0 Å². The normalized spacial score (nSPS) is 10.3. The minimum Gasteiger partial charge on any atom is -0.293 e. The lowest BCUT2D eigenvalue weighted by Gasteiger charge is -1.93. The molecule has 2 nitrogen and oxygen atoms in total. The minimum atomic E-state index is 0.685. The van der Waals surface area contributed by atoms with Crippen LogP contribution in [-0.2, 0) is 0 Å². The molecule has 14 heavy (non-hydrogen) atoms. The average molecular weight is 186 g/mol. The van der Waals surface area contributed by atoms with E-state index in [0.717, 1.165) is 24.9 Å². The second-order valence-corrected chi connectivity index (χ2v) is 3.13. The molecule has 0 saturated heterocycles. The Hall–Kier alpha value is -1.62. The number of nitriles is 1. The van der Waals surface area contributed by atoms with Crippen LogP contribution in [0.2, 0.25) is 0 Å². The van der Waals surface area contributed by atoms with Crippen LogP contribution < -0.4 is 0 Å². The highest BCUT2D eigenvalue weighted by atomic mass is 14.7. The van der Waals surface area contributed by atoms with Crippen LogP contribution in [-0.4, -0.2) is 12.8 Å².